The number of carbonyl (C=O) groups is 1. The van der Waals surface area contributed by atoms with Gasteiger partial charge in [0.05, 0.1) is 16.2 Å². The van der Waals surface area contributed by atoms with E-state index in [1.807, 2.05) is 0 Å². The van der Waals surface area contributed by atoms with Gasteiger partial charge in [0.25, 0.3) is 16.5 Å². The fraction of sp³-hybridized carbons (Fsp3) is 0.273. The van der Waals surface area contributed by atoms with Crippen LogP contribution in [-0.2, 0) is 27.8 Å². The molecule has 1 saturated heterocycles. The van der Waals surface area contributed by atoms with Gasteiger partial charge in [0.2, 0.25) is 0 Å². The van der Waals surface area contributed by atoms with Crippen molar-refractivity contribution in [1.82, 2.24) is 9.88 Å². The van der Waals surface area contributed by atoms with Crippen molar-refractivity contribution in [1.29, 1.82) is 0 Å². The first-order chi connectivity index (χ1) is 16.7. The summed E-state index contributed by atoms with van der Waals surface area (Å²) in [6.45, 7) is 2.96. The molecule has 35 heavy (non-hydrogen) atoms. The molecule has 1 aromatic heterocycles. The van der Waals surface area contributed by atoms with Gasteiger partial charge in [0.15, 0.2) is 5.82 Å². The minimum atomic E-state index is -4.20. The summed E-state index contributed by atoms with van der Waals surface area (Å²) in [6.07, 6.45) is 2.04. The lowest BCUT2D eigenvalue weighted by Crippen LogP contribution is -2.38. The van der Waals surface area contributed by atoms with Crippen molar-refractivity contribution >= 4 is 50.9 Å². The summed E-state index contributed by atoms with van der Waals surface area (Å²) >= 11 is 7.40. The fourth-order valence-corrected chi connectivity index (χ4v) is 5.27. The summed E-state index contributed by atoms with van der Waals surface area (Å²) in [5.74, 6) is -1.27. The maximum absolute atomic E-state index is 14.6. The molecule has 4 rings (SSSR count). The number of aromatic nitrogens is 1. The van der Waals surface area contributed by atoms with E-state index in [0.29, 0.717) is 5.56 Å². The van der Waals surface area contributed by atoms with Crippen LogP contribution >= 0.6 is 22.9 Å². The largest absolute Gasteiger partial charge is 0.483 e. The van der Waals surface area contributed by atoms with E-state index in [1.165, 1.54) is 34.7 Å². The van der Waals surface area contributed by atoms with E-state index < -0.39 is 20.7 Å². The Morgan fingerprint density at radius 2 is 1.94 bits per heavy atom. The molecule has 1 aliphatic heterocycles. The quantitative estimate of drug-likeness (QED) is 0.341. The highest BCUT2D eigenvalue weighted by molar-refractivity contribution is 7.92. The molecule has 2 heterocycles. The van der Waals surface area contributed by atoms with Gasteiger partial charge in [0.1, 0.15) is 16.5 Å². The Balaban J connectivity index is 0.00000108. The smallest absolute Gasteiger partial charge is 0.290 e. The summed E-state index contributed by atoms with van der Waals surface area (Å²) < 4.78 is 56.0. The highest BCUT2D eigenvalue weighted by atomic mass is 35.5. The third kappa shape index (κ3) is 7.34. The fourth-order valence-electron chi connectivity index (χ4n) is 3.33. The van der Waals surface area contributed by atoms with E-state index in [4.69, 9.17) is 21.5 Å². The molecule has 3 N–H and O–H groups in total. The number of likely N-dealkylation sites (tertiary alicyclic amines) is 1. The molecule has 0 spiro atoms. The molecule has 0 bridgehead atoms. The van der Waals surface area contributed by atoms with E-state index >= 15 is 0 Å². The molecule has 1 aliphatic rings. The molecule has 188 valence electrons. The van der Waals surface area contributed by atoms with Crippen molar-refractivity contribution in [3.05, 3.63) is 69.0 Å². The van der Waals surface area contributed by atoms with Gasteiger partial charge in [-0.2, -0.15) is 0 Å². The lowest BCUT2D eigenvalue weighted by Gasteiger charge is -2.30. The summed E-state index contributed by atoms with van der Waals surface area (Å²) in [4.78, 5) is 13.9. The Labute approximate surface area is 210 Å². The van der Waals surface area contributed by atoms with Crippen LogP contribution in [0.15, 0.2) is 46.1 Å². The topological polar surface area (TPSA) is 112 Å². The maximum atomic E-state index is 14.6. The molecule has 0 unspecified atom stereocenters. The molecule has 13 heteroatoms. The number of carboxylic acid groups (broad SMARTS) is 1. The van der Waals surface area contributed by atoms with Crippen LogP contribution in [0.4, 0.5) is 20.3 Å². The monoisotopic (exact) mass is 544 g/mol. The summed E-state index contributed by atoms with van der Waals surface area (Å²) in [7, 11) is -4.20. The maximum Gasteiger partial charge on any atom is 0.290 e. The minimum Gasteiger partial charge on any atom is -0.483 e. The predicted molar refractivity (Wildman–Crippen MR) is 132 cm³/mol. The first kappa shape index (κ1) is 26.8. The van der Waals surface area contributed by atoms with Crippen molar-refractivity contribution in [2.24, 2.45) is 0 Å². The SMILES string of the molecule is O=CO.O=S(=O)(Nc1cscn1)c1cc(Cl)c(NCc2cc(CCN3CCC3)ccc2F)cc1F. The second-order valence-corrected chi connectivity index (χ2v) is 10.3. The summed E-state index contributed by atoms with van der Waals surface area (Å²) in [5, 5.41) is 11.3. The number of hydrogen-bond acceptors (Lipinski definition) is 7. The van der Waals surface area contributed by atoms with Gasteiger partial charge >= 0.3 is 0 Å². The highest BCUT2D eigenvalue weighted by Gasteiger charge is 2.22. The van der Waals surface area contributed by atoms with E-state index in [2.05, 4.69) is 19.9 Å². The predicted octanol–water partition coefficient (Wildman–Crippen LogP) is 4.44. The van der Waals surface area contributed by atoms with Crippen molar-refractivity contribution in [2.75, 3.05) is 29.7 Å². The average Bonchev–Trinajstić information content (AvgIpc) is 3.27. The molecule has 0 radical (unpaired) electrons. The highest BCUT2D eigenvalue weighted by Crippen LogP contribution is 2.30. The number of anilines is 2. The first-order valence-corrected chi connectivity index (χ1v) is 13.3. The Morgan fingerprint density at radius 1 is 1.20 bits per heavy atom. The molecular weight excluding hydrogens is 522 g/mol. The van der Waals surface area contributed by atoms with Crippen LogP contribution in [0.25, 0.3) is 0 Å². The van der Waals surface area contributed by atoms with Gasteiger partial charge < -0.3 is 15.3 Å². The van der Waals surface area contributed by atoms with E-state index in [1.54, 1.807) is 12.1 Å². The zero-order chi connectivity index (χ0) is 25.4. The Hall–Kier alpha value is -2.80. The molecule has 2 aromatic carbocycles. The first-order valence-electron chi connectivity index (χ1n) is 10.4. The number of thiazole rings is 1. The van der Waals surface area contributed by atoms with Crippen LogP contribution in [0, 0.1) is 11.6 Å². The van der Waals surface area contributed by atoms with Crippen molar-refractivity contribution in [3.8, 4) is 0 Å². The van der Waals surface area contributed by atoms with E-state index in [0.717, 1.165) is 43.8 Å². The third-order valence-electron chi connectivity index (χ3n) is 5.23. The van der Waals surface area contributed by atoms with E-state index in [9.17, 15) is 17.2 Å². The number of nitrogens with one attached hydrogen (secondary N) is 2. The van der Waals surface area contributed by atoms with Crippen molar-refractivity contribution in [3.63, 3.8) is 0 Å². The molecule has 1 fully saturated rings. The third-order valence-corrected chi connectivity index (χ3v) is 7.50. The number of benzene rings is 2. The van der Waals surface area contributed by atoms with Crippen LogP contribution in [0.3, 0.4) is 0 Å². The van der Waals surface area contributed by atoms with E-state index in [-0.39, 0.29) is 35.4 Å². The van der Waals surface area contributed by atoms with Crippen LogP contribution in [0.5, 0.6) is 0 Å². The minimum absolute atomic E-state index is 0.000557. The zero-order valence-electron chi connectivity index (χ0n) is 18.4. The molecule has 8 nitrogen and oxygen atoms in total. The molecule has 0 aliphatic carbocycles. The van der Waals surface area contributed by atoms with Gasteiger partial charge in [-0.05, 0) is 49.7 Å². The molecular formula is C22H23ClF2N4O4S2. The second-order valence-electron chi connectivity index (χ2n) is 7.57. The summed E-state index contributed by atoms with van der Waals surface area (Å²) in [6, 6.07) is 6.98. The Kier molecular flexibility index (Phi) is 9.38. The van der Waals surface area contributed by atoms with Gasteiger partial charge in [-0.1, -0.05) is 23.7 Å². The van der Waals surface area contributed by atoms with Gasteiger partial charge in [-0.25, -0.2) is 22.2 Å². The lowest BCUT2D eigenvalue weighted by atomic mass is 10.1. The molecule has 0 amide bonds. The van der Waals surface area contributed by atoms with Crippen LogP contribution < -0.4 is 10.0 Å². The number of hydrogen-bond donors (Lipinski definition) is 3. The van der Waals surface area contributed by atoms with Crippen molar-refractivity contribution < 1.29 is 27.1 Å². The number of halogens is 3. The molecule has 0 atom stereocenters. The standard InChI is InChI=1S/C21H21ClF2N4O2S2.CH2O2/c22-16-9-20(32(29,30)27-21-12-31-13-26-21)18(24)10-19(16)25-11-15-8-14(2-3-17(15)23)4-7-28-5-1-6-28;2-1-3/h2-3,8-10,12-13,25,27H,1,4-7,11H2;1H,(H,2,3). The number of nitrogens with zero attached hydrogens (tertiary/aromatic N) is 2. The van der Waals surface area contributed by atoms with Crippen LogP contribution in [-0.4, -0.2) is 49.5 Å². The summed E-state index contributed by atoms with van der Waals surface area (Å²) in [5.41, 5.74) is 3.06. The Bertz CT molecular complexity index is 1260. The van der Waals surface area contributed by atoms with Crippen LogP contribution in [0.1, 0.15) is 17.5 Å². The second kappa shape index (κ2) is 12.2. The number of sulfonamides is 1. The van der Waals surface area contributed by atoms with Gasteiger partial charge in [-0.15, -0.1) is 11.3 Å². The normalized spacial score (nSPS) is 13.3. The zero-order valence-corrected chi connectivity index (χ0v) is 20.8. The molecule has 0 saturated carbocycles. The Morgan fingerprint density at radius 3 is 2.57 bits per heavy atom. The average molecular weight is 545 g/mol. The van der Waals surface area contributed by atoms with Crippen molar-refractivity contribution in [2.45, 2.75) is 24.3 Å². The molecule has 3 aromatic rings. The number of rotatable bonds is 9. The van der Waals surface area contributed by atoms with Gasteiger partial charge in [-0.3, -0.25) is 9.52 Å². The van der Waals surface area contributed by atoms with Gasteiger partial charge in [0, 0.05) is 24.0 Å². The lowest BCUT2D eigenvalue weighted by molar-refractivity contribution is -0.122. The van der Waals surface area contributed by atoms with Crippen LogP contribution in [0.2, 0.25) is 5.02 Å².